The zero-order valence-electron chi connectivity index (χ0n) is 14.2. The van der Waals surface area contributed by atoms with Crippen LogP contribution in [0.25, 0.3) is 0 Å². The lowest BCUT2D eigenvalue weighted by atomic mass is 10.1. The normalized spacial score (nSPS) is 10.3. The quantitative estimate of drug-likeness (QED) is 0.765. The molecule has 1 rings (SSSR count). The molecule has 0 spiro atoms. The number of nitrogens with one attached hydrogen (secondary N) is 1. The van der Waals surface area contributed by atoms with Crippen molar-refractivity contribution in [2.45, 2.75) is 27.3 Å². The molecule has 0 aliphatic heterocycles. The molecule has 6 nitrogen and oxygen atoms in total. The average molecular weight is 321 g/mol. The minimum atomic E-state index is -0.204. The van der Waals surface area contributed by atoms with E-state index in [1.807, 2.05) is 32.9 Å². The maximum atomic E-state index is 12.2. The number of hydrogen-bond donors (Lipinski definition) is 2. The van der Waals surface area contributed by atoms with Gasteiger partial charge in [-0.15, -0.1) is 0 Å². The molecule has 23 heavy (non-hydrogen) atoms. The van der Waals surface area contributed by atoms with Crippen LogP contribution in [0.2, 0.25) is 0 Å². The number of aliphatic hydroxyl groups excluding tert-OH is 1. The van der Waals surface area contributed by atoms with Gasteiger partial charge in [-0.05, 0) is 38.5 Å². The van der Waals surface area contributed by atoms with Crippen LogP contribution in [0.4, 0.5) is 4.79 Å². The Hall–Kier alpha value is -2.08. The van der Waals surface area contributed by atoms with E-state index in [1.54, 1.807) is 17.0 Å². The number of rotatable bonds is 8. The van der Waals surface area contributed by atoms with Crippen molar-refractivity contribution in [2.75, 3.05) is 32.8 Å². The van der Waals surface area contributed by atoms with Crippen LogP contribution >= 0.6 is 0 Å². The van der Waals surface area contributed by atoms with Gasteiger partial charge in [-0.3, -0.25) is 4.79 Å². The van der Waals surface area contributed by atoms with Crippen molar-refractivity contribution < 1.29 is 14.7 Å². The predicted octanol–water partition coefficient (Wildman–Crippen LogP) is 1.69. The lowest BCUT2D eigenvalue weighted by molar-refractivity contribution is 0.0773. The molecule has 1 aromatic rings. The zero-order valence-corrected chi connectivity index (χ0v) is 14.2. The molecule has 0 heterocycles. The van der Waals surface area contributed by atoms with Crippen LogP contribution in [0.3, 0.4) is 0 Å². The van der Waals surface area contributed by atoms with Crippen LogP contribution in [0.5, 0.6) is 0 Å². The maximum Gasteiger partial charge on any atom is 0.317 e. The SMILES string of the molecule is CCN(CCO)C(=O)NCc1ccc(C(=O)N(CC)CC)cc1. The van der Waals surface area contributed by atoms with Gasteiger partial charge in [-0.25, -0.2) is 4.79 Å². The Morgan fingerprint density at radius 3 is 2.04 bits per heavy atom. The molecule has 0 aromatic heterocycles. The first-order chi connectivity index (χ1) is 11.1. The number of nitrogens with zero attached hydrogens (tertiary/aromatic N) is 2. The number of likely N-dealkylation sites (N-methyl/N-ethyl adjacent to an activating group) is 1. The lowest BCUT2D eigenvalue weighted by Gasteiger charge is -2.20. The van der Waals surface area contributed by atoms with Crippen molar-refractivity contribution in [1.29, 1.82) is 0 Å². The highest BCUT2D eigenvalue weighted by molar-refractivity contribution is 5.94. The summed E-state index contributed by atoms with van der Waals surface area (Å²) in [4.78, 5) is 27.4. The molecule has 128 valence electrons. The molecule has 0 unspecified atom stereocenters. The van der Waals surface area contributed by atoms with E-state index >= 15 is 0 Å². The highest BCUT2D eigenvalue weighted by Crippen LogP contribution is 2.08. The first kappa shape index (κ1) is 19.0. The summed E-state index contributed by atoms with van der Waals surface area (Å²) >= 11 is 0. The average Bonchev–Trinajstić information content (AvgIpc) is 2.59. The fraction of sp³-hybridized carbons (Fsp3) is 0.529. The molecular formula is C17H27N3O3. The van der Waals surface area contributed by atoms with Crippen LogP contribution in [-0.4, -0.2) is 59.6 Å². The van der Waals surface area contributed by atoms with Crippen LogP contribution in [-0.2, 0) is 6.54 Å². The van der Waals surface area contributed by atoms with Crippen molar-refractivity contribution in [1.82, 2.24) is 15.1 Å². The highest BCUT2D eigenvalue weighted by Gasteiger charge is 2.13. The number of carbonyl (C=O) groups is 2. The Bertz CT molecular complexity index is 498. The Balaban J connectivity index is 2.60. The van der Waals surface area contributed by atoms with Crippen LogP contribution in [0.1, 0.15) is 36.7 Å². The molecule has 0 saturated heterocycles. The molecule has 0 bridgehead atoms. The number of benzene rings is 1. The second-order valence-electron chi connectivity index (χ2n) is 5.14. The summed E-state index contributed by atoms with van der Waals surface area (Å²) in [5, 5.41) is 11.7. The molecular weight excluding hydrogens is 294 g/mol. The monoisotopic (exact) mass is 321 g/mol. The third kappa shape index (κ3) is 5.56. The van der Waals surface area contributed by atoms with Crippen molar-refractivity contribution in [3.63, 3.8) is 0 Å². The standard InChI is InChI=1S/C17H27N3O3/c1-4-19(5-2)16(22)15-9-7-14(8-10-15)13-18-17(23)20(6-3)11-12-21/h7-10,21H,4-6,11-13H2,1-3H3,(H,18,23). The highest BCUT2D eigenvalue weighted by atomic mass is 16.3. The van der Waals surface area contributed by atoms with E-state index in [4.69, 9.17) is 5.11 Å². The van der Waals surface area contributed by atoms with Crippen molar-refractivity contribution >= 4 is 11.9 Å². The van der Waals surface area contributed by atoms with E-state index in [1.165, 1.54) is 4.90 Å². The van der Waals surface area contributed by atoms with Crippen molar-refractivity contribution in [3.05, 3.63) is 35.4 Å². The van der Waals surface area contributed by atoms with Gasteiger partial charge < -0.3 is 20.2 Å². The third-order valence-electron chi connectivity index (χ3n) is 3.73. The summed E-state index contributed by atoms with van der Waals surface area (Å²) in [6.07, 6.45) is 0. The largest absolute Gasteiger partial charge is 0.395 e. The van der Waals surface area contributed by atoms with Crippen LogP contribution in [0, 0.1) is 0 Å². The minimum Gasteiger partial charge on any atom is -0.395 e. The molecule has 0 radical (unpaired) electrons. The molecule has 3 amide bonds. The molecule has 0 aliphatic rings. The number of amides is 3. The van der Waals surface area contributed by atoms with E-state index in [-0.39, 0.29) is 18.5 Å². The first-order valence-electron chi connectivity index (χ1n) is 8.09. The Morgan fingerprint density at radius 1 is 1.00 bits per heavy atom. The molecule has 1 aromatic carbocycles. The summed E-state index contributed by atoms with van der Waals surface area (Å²) in [5.74, 6) is 0.0192. The van der Waals surface area contributed by atoms with Gasteiger partial charge in [0.15, 0.2) is 0 Å². The van der Waals surface area contributed by atoms with Gasteiger partial charge in [-0.2, -0.15) is 0 Å². The summed E-state index contributed by atoms with van der Waals surface area (Å²) < 4.78 is 0. The number of aliphatic hydroxyl groups is 1. The Morgan fingerprint density at radius 2 is 1.57 bits per heavy atom. The molecule has 0 fully saturated rings. The van der Waals surface area contributed by atoms with E-state index in [2.05, 4.69) is 5.32 Å². The third-order valence-corrected chi connectivity index (χ3v) is 3.73. The Kier molecular flexibility index (Phi) is 8.11. The van der Waals surface area contributed by atoms with Gasteiger partial charge in [0.05, 0.1) is 6.61 Å². The second kappa shape index (κ2) is 9.84. The van der Waals surface area contributed by atoms with E-state index in [9.17, 15) is 9.59 Å². The van der Waals surface area contributed by atoms with Gasteiger partial charge in [0, 0.05) is 38.3 Å². The number of carbonyl (C=O) groups excluding carboxylic acids is 2. The van der Waals surface area contributed by atoms with Crippen molar-refractivity contribution in [2.24, 2.45) is 0 Å². The van der Waals surface area contributed by atoms with Gasteiger partial charge in [0.2, 0.25) is 0 Å². The fourth-order valence-corrected chi connectivity index (χ4v) is 2.27. The van der Waals surface area contributed by atoms with Gasteiger partial charge in [0.25, 0.3) is 5.91 Å². The van der Waals surface area contributed by atoms with Gasteiger partial charge in [-0.1, -0.05) is 12.1 Å². The summed E-state index contributed by atoms with van der Waals surface area (Å²) in [6.45, 7) is 8.35. The second-order valence-corrected chi connectivity index (χ2v) is 5.14. The Labute approximate surface area is 138 Å². The predicted molar refractivity (Wildman–Crippen MR) is 90.3 cm³/mol. The number of urea groups is 1. The maximum absolute atomic E-state index is 12.2. The summed E-state index contributed by atoms with van der Waals surface area (Å²) in [5.41, 5.74) is 1.58. The van der Waals surface area contributed by atoms with Crippen LogP contribution in [0.15, 0.2) is 24.3 Å². The zero-order chi connectivity index (χ0) is 17.2. The molecule has 2 N–H and O–H groups in total. The summed E-state index contributed by atoms with van der Waals surface area (Å²) in [7, 11) is 0. The molecule has 0 aliphatic carbocycles. The van der Waals surface area contributed by atoms with Crippen molar-refractivity contribution in [3.8, 4) is 0 Å². The van der Waals surface area contributed by atoms with E-state index < -0.39 is 0 Å². The van der Waals surface area contributed by atoms with E-state index in [0.29, 0.717) is 38.3 Å². The fourth-order valence-electron chi connectivity index (χ4n) is 2.27. The van der Waals surface area contributed by atoms with Crippen LogP contribution < -0.4 is 5.32 Å². The smallest absolute Gasteiger partial charge is 0.317 e. The molecule has 0 saturated carbocycles. The minimum absolute atomic E-state index is 0.0192. The lowest BCUT2D eigenvalue weighted by Crippen LogP contribution is -2.41. The van der Waals surface area contributed by atoms with Gasteiger partial charge in [0.1, 0.15) is 0 Å². The summed E-state index contributed by atoms with van der Waals surface area (Å²) in [6, 6.07) is 7.06. The molecule has 0 atom stereocenters. The molecule has 6 heteroatoms. The number of hydrogen-bond acceptors (Lipinski definition) is 3. The first-order valence-corrected chi connectivity index (χ1v) is 8.09. The van der Waals surface area contributed by atoms with E-state index in [0.717, 1.165) is 5.56 Å². The van der Waals surface area contributed by atoms with Gasteiger partial charge >= 0.3 is 6.03 Å². The topological polar surface area (TPSA) is 72.9 Å².